The van der Waals surface area contributed by atoms with Crippen molar-refractivity contribution >= 4 is 18.1 Å². The molecule has 0 saturated heterocycles. The summed E-state index contributed by atoms with van der Waals surface area (Å²) < 4.78 is 20.6. The minimum absolute atomic E-state index is 0.0457. The lowest BCUT2D eigenvalue weighted by Gasteiger charge is -2.23. The van der Waals surface area contributed by atoms with Gasteiger partial charge in [0, 0.05) is 5.69 Å². The smallest absolute Gasteiger partial charge is 0.320 e. The van der Waals surface area contributed by atoms with Crippen LogP contribution in [0.5, 0.6) is 0 Å². The molecular weight excluding hydrogens is 315 g/mol. The van der Waals surface area contributed by atoms with Crippen LogP contribution in [-0.2, 0) is 10.5 Å². The zero-order chi connectivity index (χ0) is 17.4. The lowest BCUT2D eigenvalue weighted by molar-refractivity contribution is -0.160. The molecule has 0 aliphatic carbocycles. The van der Waals surface area contributed by atoms with Crippen molar-refractivity contribution in [1.82, 2.24) is 15.3 Å². The number of hydrogen-bond acceptors (Lipinski definition) is 6. The minimum Gasteiger partial charge on any atom is -0.404 e. The second kappa shape index (κ2) is 8.39. The molecule has 1 unspecified atom stereocenters. The van der Waals surface area contributed by atoms with Gasteiger partial charge in [-0.1, -0.05) is 43.1 Å². The SMILES string of the molecule is CCCCCC(F)(CN(O)C=O)c1nnc(Nc2ccccc2)o1. The van der Waals surface area contributed by atoms with Crippen LogP contribution in [0.3, 0.4) is 0 Å². The molecule has 0 spiro atoms. The van der Waals surface area contributed by atoms with Crippen molar-refractivity contribution in [3.05, 3.63) is 36.2 Å². The van der Waals surface area contributed by atoms with Crippen LogP contribution in [-0.4, -0.2) is 33.4 Å². The fourth-order valence-electron chi connectivity index (χ4n) is 2.30. The fraction of sp³-hybridized carbons (Fsp3) is 0.438. The Bertz CT molecular complexity index is 637. The standard InChI is InChI=1S/C16H21FN4O3/c1-2-3-7-10-16(17,11-21(23)12-22)14-19-20-15(24-14)18-13-8-5-4-6-9-13/h4-6,8-9,12,23H,2-3,7,10-11H2,1H3,(H,18,20). The highest BCUT2D eigenvalue weighted by atomic mass is 19.1. The number of benzene rings is 1. The first-order chi connectivity index (χ1) is 11.6. The van der Waals surface area contributed by atoms with Gasteiger partial charge in [0.25, 0.3) is 5.89 Å². The van der Waals surface area contributed by atoms with E-state index in [2.05, 4.69) is 15.5 Å². The van der Waals surface area contributed by atoms with Crippen LogP contribution < -0.4 is 5.32 Å². The molecule has 2 aromatic rings. The number of unbranched alkanes of at least 4 members (excludes halogenated alkanes) is 2. The van der Waals surface area contributed by atoms with E-state index in [1.165, 1.54) is 0 Å². The van der Waals surface area contributed by atoms with Crippen LogP contribution in [0, 0.1) is 0 Å². The Kier molecular flexibility index (Phi) is 6.25. The average molecular weight is 336 g/mol. The first kappa shape index (κ1) is 17.9. The molecule has 0 aliphatic rings. The van der Waals surface area contributed by atoms with Gasteiger partial charge in [-0.15, -0.1) is 5.10 Å². The molecule has 1 heterocycles. The summed E-state index contributed by atoms with van der Waals surface area (Å²) in [5.74, 6) is -0.266. The van der Waals surface area contributed by atoms with Crippen LogP contribution >= 0.6 is 0 Å². The monoisotopic (exact) mass is 336 g/mol. The molecule has 24 heavy (non-hydrogen) atoms. The number of hydrogen-bond donors (Lipinski definition) is 2. The number of anilines is 2. The highest BCUT2D eigenvalue weighted by Crippen LogP contribution is 2.33. The van der Waals surface area contributed by atoms with Crippen molar-refractivity contribution in [3.63, 3.8) is 0 Å². The second-order valence-electron chi connectivity index (χ2n) is 5.53. The van der Waals surface area contributed by atoms with Gasteiger partial charge in [0.2, 0.25) is 12.1 Å². The Labute approximate surface area is 139 Å². The maximum absolute atomic E-state index is 15.3. The van der Waals surface area contributed by atoms with E-state index in [-0.39, 0.29) is 29.8 Å². The quantitative estimate of drug-likeness (QED) is 0.299. The number of hydroxylamine groups is 2. The number of carbonyl (C=O) groups excluding carboxylic acids is 1. The van der Waals surface area contributed by atoms with E-state index in [4.69, 9.17) is 4.42 Å². The average Bonchev–Trinajstić information content (AvgIpc) is 3.05. The summed E-state index contributed by atoms with van der Waals surface area (Å²) in [6.45, 7) is 1.44. The molecule has 0 fully saturated rings. The lowest BCUT2D eigenvalue weighted by atomic mass is 9.97. The van der Waals surface area contributed by atoms with E-state index < -0.39 is 12.2 Å². The van der Waals surface area contributed by atoms with Crippen molar-refractivity contribution in [2.45, 2.75) is 38.3 Å². The van der Waals surface area contributed by atoms with Crippen LogP contribution in [0.25, 0.3) is 0 Å². The van der Waals surface area contributed by atoms with Crippen LogP contribution in [0.2, 0.25) is 0 Å². The van der Waals surface area contributed by atoms with Crippen LogP contribution in [0.1, 0.15) is 38.5 Å². The molecule has 0 saturated carbocycles. The molecule has 1 aromatic carbocycles. The van der Waals surface area contributed by atoms with Gasteiger partial charge in [0.05, 0.1) is 6.54 Å². The van der Waals surface area contributed by atoms with Crippen molar-refractivity contribution in [1.29, 1.82) is 0 Å². The Balaban J connectivity index is 2.15. The molecule has 2 N–H and O–H groups in total. The summed E-state index contributed by atoms with van der Waals surface area (Å²) in [7, 11) is 0. The topological polar surface area (TPSA) is 91.5 Å². The summed E-state index contributed by atoms with van der Waals surface area (Å²) in [6.07, 6.45) is 2.52. The van der Waals surface area contributed by atoms with Gasteiger partial charge in [-0.25, -0.2) is 9.45 Å². The largest absolute Gasteiger partial charge is 0.404 e. The number of rotatable bonds is 10. The predicted octanol–water partition coefficient (Wildman–Crippen LogP) is 3.41. The van der Waals surface area contributed by atoms with Gasteiger partial charge in [-0.3, -0.25) is 10.0 Å². The van der Waals surface area contributed by atoms with E-state index in [0.717, 1.165) is 18.5 Å². The highest BCUT2D eigenvalue weighted by molar-refractivity contribution is 5.51. The zero-order valence-electron chi connectivity index (χ0n) is 13.5. The van der Waals surface area contributed by atoms with Crippen LogP contribution in [0.15, 0.2) is 34.7 Å². The molecule has 0 radical (unpaired) electrons. The molecule has 7 nitrogen and oxygen atoms in total. The Morgan fingerprint density at radius 2 is 2.08 bits per heavy atom. The molecule has 1 amide bonds. The summed E-state index contributed by atoms with van der Waals surface area (Å²) in [5, 5.41) is 20.0. The molecule has 0 bridgehead atoms. The van der Waals surface area contributed by atoms with E-state index in [1.54, 1.807) is 12.1 Å². The summed E-state index contributed by atoms with van der Waals surface area (Å²) in [6, 6.07) is 9.17. The third-order valence-electron chi connectivity index (χ3n) is 3.54. The molecule has 2 rings (SSSR count). The number of amides is 1. The van der Waals surface area contributed by atoms with Crippen molar-refractivity contribution in [3.8, 4) is 0 Å². The normalized spacial score (nSPS) is 13.3. The van der Waals surface area contributed by atoms with Crippen LogP contribution in [0.4, 0.5) is 16.1 Å². The number of aromatic nitrogens is 2. The zero-order valence-corrected chi connectivity index (χ0v) is 13.5. The maximum Gasteiger partial charge on any atom is 0.320 e. The third kappa shape index (κ3) is 4.76. The molecule has 1 aromatic heterocycles. The summed E-state index contributed by atoms with van der Waals surface area (Å²) in [4.78, 5) is 10.6. The summed E-state index contributed by atoms with van der Waals surface area (Å²) in [5.41, 5.74) is -1.38. The van der Waals surface area contributed by atoms with E-state index >= 15 is 4.39 Å². The number of nitrogens with zero attached hydrogens (tertiary/aromatic N) is 3. The first-order valence-electron chi connectivity index (χ1n) is 7.83. The Hall–Kier alpha value is -2.48. The van der Waals surface area contributed by atoms with Gasteiger partial charge in [0.1, 0.15) is 0 Å². The van der Waals surface area contributed by atoms with E-state index in [9.17, 15) is 10.0 Å². The lowest BCUT2D eigenvalue weighted by Crippen LogP contribution is -2.36. The van der Waals surface area contributed by atoms with Crippen molar-refractivity contribution < 1.29 is 18.8 Å². The second-order valence-corrected chi connectivity index (χ2v) is 5.53. The number of alkyl halides is 1. The minimum atomic E-state index is -2.10. The van der Waals surface area contributed by atoms with E-state index in [1.807, 2.05) is 25.1 Å². The number of para-hydroxylation sites is 1. The van der Waals surface area contributed by atoms with Gasteiger partial charge >= 0.3 is 6.01 Å². The number of carbonyl (C=O) groups is 1. The highest BCUT2D eigenvalue weighted by Gasteiger charge is 2.39. The first-order valence-corrected chi connectivity index (χ1v) is 7.83. The molecule has 1 atom stereocenters. The van der Waals surface area contributed by atoms with Crippen molar-refractivity contribution in [2.24, 2.45) is 0 Å². The van der Waals surface area contributed by atoms with Gasteiger partial charge in [-0.2, -0.15) is 0 Å². The molecule has 8 heteroatoms. The van der Waals surface area contributed by atoms with Gasteiger partial charge in [-0.05, 0) is 25.0 Å². The predicted molar refractivity (Wildman–Crippen MR) is 85.5 cm³/mol. The molecule has 0 aliphatic heterocycles. The van der Waals surface area contributed by atoms with Gasteiger partial charge < -0.3 is 9.73 Å². The molecule has 130 valence electrons. The fourth-order valence-corrected chi connectivity index (χ4v) is 2.30. The summed E-state index contributed by atoms with van der Waals surface area (Å²) >= 11 is 0. The maximum atomic E-state index is 15.3. The molecular formula is C16H21FN4O3. The Morgan fingerprint density at radius 1 is 1.33 bits per heavy atom. The van der Waals surface area contributed by atoms with E-state index in [0.29, 0.717) is 6.42 Å². The third-order valence-corrected chi connectivity index (χ3v) is 3.54. The van der Waals surface area contributed by atoms with Gasteiger partial charge in [0.15, 0.2) is 0 Å². The number of nitrogens with one attached hydrogen (secondary N) is 1. The number of halogens is 1. The Morgan fingerprint density at radius 3 is 2.75 bits per heavy atom. The van der Waals surface area contributed by atoms with Crippen molar-refractivity contribution in [2.75, 3.05) is 11.9 Å².